The highest BCUT2D eigenvalue weighted by Gasteiger charge is 2.15. The number of nitrogens with zero attached hydrogens (tertiary/aromatic N) is 2. The maximum absolute atomic E-state index is 12.4. The van der Waals surface area contributed by atoms with Gasteiger partial charge in [-0.15, -0.1) is 0 Å². The van der Waals surface area contributed by atoms with Gasteiger partial charge in [-0.25, -0.2) is 4.98 Å². The van der Waals surface area contributed by atoms with E-state index >= 15 is 0 Å². The number of ether oxygens (including phenoxy) is 1. The van der Waals surface area contributed by atoms with Crippen molar-refractivity contribution in [3.63, 3.8) is 0 Å². The fourth-order valence-corrected chi connectivity index (χ4v) is 2.18. The Morgan fingerprint density at radius 2 is 1.88 bits per heavy atom. The molecule has 0 saturated heterocycles. The van der Waals surface area contributed by atoms with Crippen LogP contribution in [0, 0.1) is 0 Å². The first-order valence-corrected chi connectivity index (χ1v) is 7.07. The molecule has 1 N–H and O–H groups in total. The predicted octanol–water partition coefficient (Wildman–Crippen LogP) is 3.73. The number of amides is 1. The van der Waals surface area contributed by atoms with Crippen LogP contribution in [-0.2, 0) is 0 Å². The summed E-state index contributed by atoms with van der Waals surface area (Å²) in [4.78, 5) is 16.2. The van der Waals surface area contributed by atoms with Gasteiger partial charge in [-0.1, -0.05) is 12.1 Å². The number of para-hydroxylation sites is 1. The monoisotopic (exact) mass is 329 g/mol. The number of alkyl halides is 2. The van der Waals surface area contributed by atoms with Crippen LogP contribution in [0.15, 0.2) is 67.3 Å². The van der Waals surface area contributed by atoms with Crippen LogP contribution < -0.4 is 10.1 Å². The summed E-state index contributed by atoms with van der Waals surface area (Å²) in [6.45, 7) is -2.99. The van der Waals surface area contributed by atoms with Crippen LogP contribution in [0.5, 0.6) is 5.75 Å². The van der Waals surface area contributed by atoms with Crippen molar-refractivity contribution in [1.82, 2.24) is 9.55 Å². The average Bonchev–Trinajstić information content (AvgIpc) is 3.10. The zero-order valence-corrected chi connectivity index (χ0v) is 12.4. The highest BCUT2D eigenvalue weighted by molar-refractivity contribution is 6.06. The summed E-state index contributed by atoms with van der Waals surface area (Å²) in [6, 6.07) is 12.9. The number of halogens is 2. The van der Waals surface area contributed by atoms with E-state index in [1.165, 1.54) is 18.2 Å². The van der Waals surface area contributed by atoms with Crippen LogP contribution in [-0.4, -0.2) is 22.1 Å². The second-order valence-electron chi connectivity index (χ2n) is 4.85. The third-order valence-electron chi connectivity index (χ3n) is 3.28. The number of benzene rings is 2. The van der Waals surface area contributed by atoms with E-state index < -0.39 is 12.5 Å². The molecule has 3 aromatic rings. The maximum atomic E-state index is 12.4. The van der Waals surface area contributed by atoms with Gasteiger partial charge in [0.2, 0.25) is 0 Å². The summed E-state index contributed by atoms with van der Waals surface area (Å²) in [5, 5.41) is 2.66. The summed E-state index contributed by atoms with van der Waals surface area (Å²) >= 11 is 0. The number of nitrogens with one attached hydrogen (secondary N) is 1. The van der Waals surface area contributed by atoms with Gasteiger partial charge in [0.25, 0.3) is 5.91 Å². The van der Waals surface area contributed by atoms with Crippen molar-refractivity contribution in [3.05, 3.63) is 72.8 Å². The highest BCUT2D eigenvalue weighted by Crippen LogP contribution is 2.22. The van der Waals surface area contributed by atoms with Gasteiger partial charge in [0.05, 0.1) is 11.9 Å². The lowest BCUT2D eigenvalue weighted by Crippen LogP contribution is -2.15. The van der Waals surface area contributed by atoms with Gasteiger partial charge >= 0.3 is 6.61 Å². The molecule has 1 aromatic heterocycles. The number of carbonyl (C=O) groups is 1. The molecular formula is C17H13F2N3O2. The number of imidazole rings is 1. The molecule has 1 heterocycles. The minimum Gasteiger partial charge on any atom is -0.434 e. The molecule has 0 unspecified atom stereocenters. The molecule has 122 valence electrons. The molecule has 0 bridgehead atoms. The normalized spacial score (nSPS) is 10.6. The number of hydrogen-bond donors (Lipinski definition) is 1. The Bertz CT molecular complexity index is 818. The van der Waals surface area contributed by atoms with Crippen molar-refractivity contribution < 1.29 is 18.3 Å². The molecule has 0 saturated carbocycles. The number of hydrogen-bond acceptors (Lipinski definition) is 3. The molecule has 7 heteroatoms. The minimum absolute atomic E-state index is 0.0384. The zero-order valence-electron chi connectivity index (χ0n) is 12.4. The molecule has 3 rings (SSSR count). The Morgan fingerprint density at radius 3 is 2.54 bits per heavy atom. The second kappa shape index (κ2) is 6.91. The van der Waals surface area contributed by atoms with Gasteiger partial charge in [-0.3, -0.25) is 4.79 Å². The maximum Gasteiger partial charge on any atom is 0.387 e. The first-order valence-electron chi connectivity index (χ1n) is 7.07. The van der Waals surface area contributed by atoms with E-state index in [0.29, 0.717) is 5.69 Å². The van der Waals surface area contributed by atoms with E-state index in [9.17, 15) is 13.6 Å². The third-order valence-corrected chi connectivity index (χ3v) is 3.28. The Balaban J connectivity index is 1.75. The van der Waals surface area contributed by atoms with Crippen molar-refractivity contribution in [1.29, 1.82) is 0 Å². The van der Waals surface area contributed by atoms with Crippen molar-refractivity contribution >= 4 is 11.6 Å². The number of anilines is 1. The lowest BCUT2D eigenvalue weighted by Gasteiger charge is -2.11. The zero-order chi connectivity index (χ0) is 16.9. The Kier molecular flexibility index (Phi) is 4.51. The van der Waals surface area contributed by atoms with E-state index in [4.69, 9.17) is 0 Å². The van der Waals surface area contributed by atoms with Crippen molar-refractivity contribution in [2.75, 3.05) is 5.32 Å². The van der Waals surface area contributed by atoms with E-state index in [1.807, 2.05) is 4.57 Å². The smallest absolute Gasteiger partial charge is 0.387 e. The van der Waals surface area contributed by atoms with Crippen LogP contribution in [0.3, 0.4) is 0 Å². The fourth-order valence-electron chi connectivity index (χ4n) is 2.18. The predicted molar refractivity (Wildman–Crippen MR) is 84.6 cm³/mol. The molecule has 1 amide bonds. The number of aromatic nitrogens is 2. The van der Waals surface area contributed by atoms with E-state index in [2.05, 4.69) is 15.0 Å². The average molecular weight is 329 g/mol. The summed E-state index contributed by atoms with van der Waals surface area (Å²) in [5.74, 6) is -0.693. The quantitative estimate of drug-likeness (QED) is 0.776. The summed E-state index contributed by atoms with van der Waals surface area (Å²) in [6.07, 6.45) is 5.12. The topological polar surface area (TPSA) is 56.2 Å². The van der Waals surface area contributed by atoms with Crippen LogP contribution in [0.25, 0.3) is 5.69 Å². The summed E-state index contributed by atoms with van der Waals surface area (Å²) in [5.41, 5.74) is 1.46. The van der Waals surface area contributed by atoms with Crippen molar-refractivity contribution in [2.45, 2.75) is 6.61 Å². The van der Waals surface area contributed by atoms with Crippen LogP contribution in [0.1, 0.15) is 10.4 Å². The molecule has 5 nitrogen and oxygen atoms in total. The van der Waals surface area contributed by atoms with E-state index in [1.54, 1.807) is 49.1 Å². The van der Waals surface area contributed by atoms with Gasteiger partial charge in [0.1, 0.15) is 5.75 Å². The van der Waals surface area contributed by atoms with Gasteiger partial charge < -0.3 is 14.6 Å². The molecule has 24 heavy (non-hydrogen) atoms. The summed E-state index contributed by atoms with van der Waals surface area (Å²) in [7, 11) is 0. The lowest BCUT2D eigenvalue weighted by atomic mass is 10.2. The van der Waals surface area contributed by atoms with Crippen molar-refractivity contribution in [2.24, 2.45) is 0 Å². The van der Waals surface area contributed by atoms with Crippen LogP contribution in [0.4, 0.5) is 14.5 Å². The molecule has 0 aliphatic heterocycles. The van der Waals surface area contributed by atoms with Gasteiger partial charge in [-0.2, -0.15) is 8.78 Å². The molecular weight excluding hydrogens is 316 g/mol. The van der Waals surface area contributed by atoms with E-state index in [-0.39, 0.29) is 11.3 Å². The largest absolute Gasteiger partial charge is 0.434 e. The lowest BCUT2D eigenvalue weighted by molar-refractivity contribution is -0.0501. The first-order chi connectivity index (χ1) is 11.6. The Hall–Kier alpha value is -3.22. The molecule has 0 aliphatic carbocycles. The molecule has 0 atom stereocenters. The standard InChI is InChI=1S/C17H13F2N3O2/c18-17(19)24-15-4-2-1-3-14(15)16(23)21-12-5-7-13(8-6-12)22-10-9-20-11-22/h1-11,17H,(H,21,23). The highest BCUT2D eigenvalue weighted by atomic mass is 19.3. The molecule has 0 radical (unpaired) electrons. The molecule has 0 fully saturated rings. The van der Waals surface area contributed by atoms with Crippen molar-refractivity contribution in [3.8, 4) is 11.4 Å². The SMILES string of the molecule is O=C(Nc1ccc(-n2ccnc2)cc1)c1ccccc1OC(F)F. The molecule has 0 aliphatic rings. The first kappa shape index (κ1) is 15.7. The number of carbonyl (C=O) groups excluding carboxylic acids is 1. The van der Waals surface area contributed by atoms with E-state index in [0.717, 1.165) is 5.69 Å². The van der Waals surface area contributed by atoms with Gasteiger partial charge in [-0.05, 0) is 36.4 Å². The Labute approximate surface area is 136 Å². The van der Waals surface area contributed by atoms with Crippen LogP contribution >= 0.6 is 0 Å². The Morgan fingerprint density at radius 1 is 1.12 bits per heavy atom. The van der Waals surface area contributed by atoms with Gasteiger partial charge in [0, 0.05) is 23.8 Å². The molecule has 0 spiro atoms. The second-order valence-corrected chi connectivity index (χ2v) is 4.85. The van der Waals surface area contributed by atoms with Gasteiger partial charge in [0.15, 0.2) is 0 Å². The summed E-state index contributed by atoms with van der Waals surface area (Å²) < 4.78 is 31.0. The van der Waals surface area contributed by atoms with Crippen LogP contribution in [0.2, 0.25) is 0 Å². The molecule has 2 aromatic carbocycles. The minimum atomic E-state index is -2.99. The third kappa shape index (κ3) is 3.57. The number of rotatable bonds is 5. The fraction of sp³-hybridized carbons (Fsp3) is 0.0588.